The van der Waals surface area contributed by atoms with Crippen LogP contribution in [0.2, 0.25) is 5.15 Å². The molecule has 0 radical (unpaired) electrons. The molecule has 100 valence electrons. The number of hydrogen-bond donors (Lipinski definition) is 1. The van der Waals surface area contributed by atoms with Gasteiger partial charge in [-0.05, 0) is 23.1 Å². The summed E-state index contributed by atoms with van der Waals surface area (Å²) in [6.45, 7) is 6.41. The van der Waals surface area contributed by atoms with Gasteiger partial charge in [-0.3, -0.25) is 0 Å². The van der Waals surface area contributed by atoms with Crippen LogP contribution in [0.5, 0.6) is 17.4 Å². The smallest absolute Gasteiger partial charge is 0.281 e. The highest BCUT2D eigenvalue weighted by Crippen LogP contribution is 2.30. The molecule has 5 heteroatoms. The second kappa shape index (κ2) is 5.05. The van der Waals surface area contributed by atoms with Gasteiger partial charge in [0.2, 0.25) is 0 Å². The van der Waals surface area contributed by atoms with Crippen molar-refractivity contribution in [1.29, 1.82) is 0 Å². The van der Waals surface area contributed by atoms with Crippen molar-refractivity contribution in [3.05, 3.63) is 41.0 Å². The Bertz CT molecular complexity index is 577. The van der Waals surface area contributed by atoms with Crippen molar-refractivity contribution in [2.24, 2.45) is 0 Å². The molecule has 1 N–H and O–H groups in total. The van der Waals surface area contributed by atoms with E-state index < -0.39 is 0 Å². The molecule has 0 aliphatic heterocycles. The molecular formula is C14H15ClN2O2. The van der Waals surface area contributed by atoms with Gasteiger partial charge in [-0.2, -0.15) is 0 Å². The molecule has 4 nitrogen and oxygen atoms in total. The van der Waals surface area contributed by atoms with Crippen molar-refractivity contribution in [1.82, 2.24) is 10.2 Å². The third-order valence-corrected chi connectivity index (χ3v) is 2.83. The van der Waals surface area contributed by atoms with Crippen LogP contribution in [0.3, 0.4) is 0 Å². The van der Waals surface area contributed by atoms with E-state index in [0.29, 0.717) is 5.75 Å². The Morgan fingerprint density at radius 3 is 2.26 bits per heavy atom. The average Bonchev–Trinajstić information content (AvgIpc) is 2.32. The van der Waals surface area contributed by atoms with E-state index in [2.05, 4.69) is 31.0 Å². The van der Waals surface area contributed by atoms with E-state index in [1.807, 2.05) is 24.3 Å². The fourth-order valence-corrected chi connectivity index (χ4v) is 1.70. The summed E-state index contributed by atoms with van der Waals surface area (Å²) in [5.74, 6) is 0.479. The van der Waals surface area contributed by atoms with Crippen LogP contribution >= 0.6 is 11.6 Å². The first-order valence-corrected chi connectivity index (χ1v) is 6.24. The van der Waals surface area contributed by atoms with Gasteiger partial charge in [-0.15, -0.1) is 10.2 Å². The number of ether oxygens (including phenoxy) is 1. The predicted octanol–water partition coefficient (Wildman–Crippen LogP) is 3.93. The maximum atomic E-state index is 9.62. The molecule has 0 unspecified atom stereocenters. The van der Waals surface area contributed by atoms with Crippen LogP contribution in [-0.4, -0.2) is 15.3 Å². The van der Waals surface area contributed by atoms with Gasteiger partial charge in [0.15, 0.2) is 10.9 Å². The number of hydrogen-bond acceptors (Lipinski definition) is 4. The summed E-state index contributed by atoms with van der Waals surface area (Å²) in [4.78, 5) is 0. The molecule has 0 aliphatic rings. The zero-order valence-corrected chi connectivity index (χ0v) is 11.8. The first kappa shape index (κ1) is 13.6. The normalized spacial score (nSPS) is 11.4. The van der Waals surface area contributed by atoms with Crippen molar-refractivity contribution < 1.29 is 9.84 Å². The van der Waals surface area contributed by atoms with Gasteiger partial charge >= 0.3 is 0 Å². The Labute approximate surface area is 117 Å². The molecule has 1 aromatic heterocycles. The quantitative estimate of drug-likeness (QED) is 0.904. The maximum Gasteiger partial charge on any atom is 0.281 e. The Morgan fingerprint density at radius 1 is 1.11 bits per heavy atom. The molecule has 0 aliphatic carbocycles. The van der Waals surface area contributed by atoms with Crippen LogP contribution in [-0.2, 0) is 5.41 Å². The lowest BCUT2D eigenvalue weighted by atomic mass is 9.87. The van der Waals surface area contributed by atoms with E-state index in [1.54, 1.807) is 0 Å². The van der Waals surface area contributed by atoms with Gasteiger partial charge < -0.3 is 9.84 Å². The largest absolute Gasteiger partial charge is 0.503 e. The van der Waals surface area contributed by atoms with E-state index in [0.717, 1.165) is 0 Å². The van der Waals surface area contributed by atoms with Crippen molar-refractivity contribution in [3.63, 3.8) is 0 Å². The summed E-state index contributed by atoms with van der Waals surface area (Å²) >= 11 is 5.60. The van der Waals surface area contributed by atoms with E-state index in [-0.39, 0.29) is 22.2 Å². The SMILES string of the molecule is CC(C)(C)c1ccc(Oc2nnc(Cl)cc2O)cc1. The van der Waals surface area contributed by atoms with E-state index in [4.69, 9.17) is 16.3 Å². The highest BCUT2D eigenvalue weighted by molar-refractivity contribution is 6.29. The van der Waals surface area contributed by atoms with Crippen LogP contribution in [0.4, 0.5) is 0 Å². The second-order valence-electron chi connectivity index (χ2n) is 5.23. The van der Waals surface area contributed by atoms with Crippen LogP contribution < -0.4 is 4.74 Å². The first-order chi connectivity index (χ1) is 8.86. The van der Waals surface area contributed by atoms with Crippen LogP contribution in [0.25, 0.3) is 0 Å². The predicted molar refractivity (Wildman–Crippen MR) is 73.9 cm³/mol. The molecule has 0 saturated heterocycles. The molecule has 19 heavy (non-hydrogen) atoms. The standard InChI is InChI=1S/C14H15ClN2O2/c1-14(2,3)9-4-6-10(7-5-9)19-13-11(18)8-12(15)16-17-13/h4-8H,1-3H3,(H,16,18). The zero-order valence-electron chi connectivity index (χ0n) is 11.0. The van der Waals surface area contributed by atoms with Crippen LogP contribution in [0.1, 0.15) is 26.3 Å². The summed E-state index contributed by atoms with van der Waals surface area (Å²) in [6, 6.07) is 8.91. The lowest BCUT2D eigenvalue weighted by molar-refractivity contribution is 0.391. The topological polar surface area (TPSA) is 55.2 Å². The summed E-state index contributed by atoms with van der Waals surface area (Å²) in [7, 11) is 0. The van der Waals surface area contributed by atoms with Crippen molar-refractivity contribution in [2.45, 2.75) is 26.2 Å². The molecule has 0 saturated carbocycles. The molecule has 0 bridgehead atoms. The number of benzene rings is 1. The van der Waals surface area contributed by atoms with Gasteiger partial charge in [0, 0.05) is 6.07 Å². The lowest BCUT2D eigenvalue weighted by Gasteiger charge is -2.19. The first-order valence-electron chi connectivity index (χ1n) is 5.87. The fraction of sp³-hybridized carbons (Fsp3) is 0.286. The summed E-state index contributed by atoms with van der Waals surface area (Å²) in [6.07, 6.45) is 0. The van der Waals surface area contributed by atoms with E-state index in [9.17, 15) is 5.11 Å². The van der Waals surface area contributed by atoms with Gasteiger partial charge in [0.05, 0.1) is 0 Å². The Balaban J connectivity index is 2.20. The highest BCUT2D eigenvalue weighted by Gasteiger charge is 2.14. The zero-order chi connectivity index (χ0) is 14.0. The lowest BCUT2D eigenvalue weighted by Crippen LogP contribution is -2.10. The van der Waals surface area contributed by atoms with Crippen molar-refractivity contribution in [2.75, 3.05) is 0 Å². The number of nitrogens with zero attached hydrogens (tertiary/aromatic N) is 2. The summed E-state index contributed by atoms with van der Waals surface area (Å²) in [5, 5.41) is 17.1. The molecule has 1 heterocycles. The number of aromatic nitrogens is 2. The minimum atomic E-state index is -0.139. The third-order valence-electron chi connectivity index (χ3n) is 2.65. The van der Waals surface area contributed by atoms with Gasteiger partial charge in [0.1, 0.15) is 5.75 Å². The van der Waals surface area contributed by atoms with Crippen LogP contribution in [0, 0.1) is 0 Å². The summed E-state index contributed by atoms with van der Waals surface area (Å²) in [5.41, 5.74) is 1.28. The molecule has 1 aromatic carbocycles. The third kappa shape index (κ3) is 3.35. The number of rotatable bonds is 2. The molecule has 0 spiro atoms. The minimum absolute atomic E-state index is 0.0351. The Morgan fingerprint density at radius 2 is 1.74 bits per heavy atom. The monoisotopic (exact) mass is 278 g/mol. The van der Waals surface area contributed by atoms with Crippen molar-refractivity contribution in [3.8, 4) is 17.4 Å². The van der Waals surface area contributed by atoms with Gasteiger partial charge in [-0.1, -0.05) is 44.5 Å². The molecule has 0 fully saturated rings. The summed E-state index contributed by atoms with van der Waals surface area (Å²) < 4.78 is 5.45. The second-order valence-corrected chi connectivity index (χ2v) is 5.62. The van der Waals surface area contributed by atoms with E-state index >= 15 is 0 Å². The molecule has 0 atom stereocenters. The van der Waals surface area contributed by atoms with Crippen molar-refractivity contribution >= 4 is 11.6 Å². The molecule has 0 amide bonds. The number of aromatic hydroxyl groups is 1. The number of halogens is 1. The Kier molecular flexibility index (Phi) is 3.62. The molecular weight excluding hydrogens is 264 g/mol. The van der Waals surface area contributed by atoms with Gasteiger partial charge in [-0.25, -0.2) is 0 Å². The Hall–Kier alpha value is -1.81. The van der Waals surface area contributed by atoms with Crippen LogP contribution in [0.15, 0.2) is 30.3 Å². The van der Waals surface area contributed by atoms with E-state index in [1.165, 1.54) is 11.6 Å². The molecule has 2 aromatic rings. The average molecular weight is 279 g/mol. The van der Waals surface area contributed by atoms with Gasteiger partial charge in [0.25, 0.3) is 5.88 Å². The minimum Gasteiger partial charge on any atom is -0.503 e. The maximum absolute atomic E-state index is 9.62. The highest BCUT2D eigenvalue weighted by atomic mass is 35.5. The molecule has 2 rings (SSSR count). The fourth-order valence-electron chi connectivity index (χ4n) is 1.56.